The van der Waals surface area contributed by atoms with Gasteiger partial charge in [-0.25, -0.2) is 0 Å². The number of amides is 2. The summed E-state index contributed by atoms with van der Waals surface area (Å²) in [7, 11) is 4.44. The number of nitrogens with one attached hydrogen (secondary N) is 1. The summed E-state index contributed by atoms with van der Waals surface area (Å²) in [6.07, 6.45) is 0. The van der Waals surface area contributed by atoms with Crippen molar-refractivity contribution in [1.82, 2.24) is 10.5 Å². The van der Waals surface area contributed by atoms with Gasteiger partial charge in [-0.1, -0.05) is 5.16 Å². The third-order valence-electron chi connectivity index (χ3n) is 3.82. The van der Waals surface area contributed by atoms with Crippen molar-refractivity contribution in [1.29, 1.82) is 0 Å². The molecule has 27 heavy (non-hydrogen) atoms. The Kier molecular flexibility index (Phi) is 6.64. The summed E-state index contributed by atoms with van der Waals surface area (Å²) in [5.74, 6) is 1.62. The summed E-state index contributed by atoms with van der Waals surface area (Å²) < 4.78 is 20.7. The molecule has 0 fully saturated rings. The molecule has 1 aromatic carbocycles. The van der Waals surface area contributed by atoms with E-state index in [0.29, 0.717) is 34.4 Å². The molecule has 0 saturated heterocycles. The number of ether oxygens (including phenoxy) is 3. The SMILES string of the molecule is COc1cc(C(=O)NCCN(C(C)=O)c2cc(C)on2)cc(OC)c1OC. The number of aryl methyl sites for hydroxylation is 1. The first-order valence-electron chi connectivity index (χ1n) is 8.20. The highest BCUT2D eigenvalue weighted by Crippen LogP contribution is 2.38. The molecule has 0 aliphatic rings. The second kappa shape index (κ2) is 8.93. The van der Waals surface area contributed by atoms with Gasteiger partial charge in [0.1, 0.15) is 5.76 Å². The molecule has 2 rings (SSSR count). The quantitative estimate of drug-likeness (QED) is 0.748. The topological polar surface area (TPSA) is 103 Å². The molecule has 0 spiro atoms. The van der Waals surface area contributed by atoms with Crippen molar-refractivity contribution in [3.8, 4) is 17.2 Å². The molecular weight excluding hydrogens is 354 g/mol. The highest BCUT2D eigenvalue weighted by molar-refractivity contribution is 5.96. The lowest BCUT2D eigenvalue weighted by Crippen LogP contribution is -2.37. The summed E-state index contributed by atoms with van der Waals surface area (Å²) in [6, 6.07) is 4.77. The smallest absolute Gasteiger partial charge is 0.251 e. The van der Waals surface area contributed by atoms with Gasteiger partial charge in [0.05, 0.1) is 21.3 Å². The van der Waals surface area contributed by atoms with E-state index >= 15 is 0 Å². The minimum Gasteiger partial charge on any atom is -0.493 e. The molecule has 1 heterocycles. The van der Waals surface area contributed by atoms with Crippen molar-refractivity contribution in [2.75, 3.05) is 39.3 Å². The van der Waals surface area contributed by atoms with Crippen LogP contribution in [0.2, 0.25) is 0 Å². The summed E-state index contributed by atoms with van der Waals surface area (Å²) in [5.41, 5.74) is 0.344. The van der Waals surface area contributed by atoms with E-state index in [1.54, 1.807) is 25.1 Å². The fraction of sp³-hybridized carbons (Fsp3) is 0.389. The van der Waals surface area contributed by atoms with E-state index in [0.717, 1.165) is 0 Å². The van der Waals surface area contributed by atoms with Crippen LogP contribution in [-0.4, -0.2) is 51.4 Å². The normalized spacial score (nSPS) is 10.3. The Bertz CT molecular complexity index is 792. The van der Waals surface area contributed by atoms with Crippen LogP contribution in [0.15, 0.2) is 22.7 Å². The average molecular weight is 377 g/mol. The lowest BCUT2D eigenvalue weighted by atomic mass is 10.1. The highest BCUT2D eigenvalue weighted by atomic mass is 16.5. The first-order valence-corrected chi connectivity index (χ1v) is 8.20. The van der Waals surface area contributed by atoms with E-state index in [9.17, 15) is 9.59 Å². The van der Waals surface area contributed by atoms with E-state index in [4.69, 9.17) is 18.7 Å². The Morgan fingerprint density at radius 3 is 2.19 bits per heavy atom. The van der Waals surface area contributed by atoms with Gasteiger partial charge in [-0.2, -0.15) is 0 Å². The third-order valence-corrected chi connectivity index (χ3v) is 3.82. The van der Waals surface area contributed by atoms with Gasteiger partial charge in [0, 0.05) is 31.6 Å². The first kappa shape index (κ1) is 20.1. The van der Waals surface area contributed by atoms with Gasteiger partial charge in [-0.05, 0) is 19.1 Å². The number of hydrogen-bond acceptors (Lipinski definition) is 7. The van der Waals surface area contributed by atoms with Crippen LogP contribution in [-0.2, 0) is 4.79 Å². The second-order valence-corrected chi connectivity index (χ2v) is 5.64. The van der Waals surface area contributed by atoms with E-state index < -0.39 is 0 Å². The number of methoxy groups -OCH3 is 3. The monoisotopic (exact) mass is 377 g/mol. The molecule has 0 aliphatic heterocycles. The molecule has 9 heteroatoms. The van der Waals surface area contributed by atoms with Crippen molar-refractivity contribution in [3.05, 3.63) is 29.5 Å². The van der Waals surface area contributed by atoms with Crippen molar-refractivity contribution in [3.63, 3.8) is 0 Å². The number of carbonyl (C=O) groups is 2. The molecular formula is C18H23N3O6. The molecule has 0 atom stereocenters. The summed E-state index contributed by atoms with van der Waals surface area (Å²) >= 11 is 0. The molecule has 0 aliphatic carbocycles. The van der Waals surface area contributed by atoms with E-state index in [1.165, 1.54) is 33.2 Å². The number of carbonyl (C=O) groups excluding carboxylic acids is 2. The molecule has 146 valence electrons. The van der Waals surface area contributed by atoms with Crippen LogP contribution in [0.3, 0.4) is 0 Å². The fourth-order valence-corrected chi connectivity index (χ4v) is 2.51. The van der Waals surface area contributed by atoms with Gasteiger partial charge in [-0.3, -0.25) is 14.5 Å². The predicted molar refractivity (Wildman–Crippen MR) is 97.7 cm³/mol. The van der Waals surface area contributed by atoms with E-state index in [2.05, 4.69) is 10.5 Å². The number of rotatable bonds is 8. The number of hydrogen-bond donors (Lipinski definition) is 1. The maximum Gasteiger partial charge on any atom is 0.251 e. The van der Waals surface area contributed by atoms with Gasteiger partial charge in [0.25, 0.3) is 5.91 Å². The molecule has 0 radical (unpaired) electrons. The maximum atomic E-state index is 12.5. The number of anilines is 1. The molecule has 0 unspecified atom stereocenters. The van der Waals surface area contributed by atoms with Crippen LogP contribution in [0.25, 0.3) is 0 Å². The lowest BCUT2D eigenvalue weighted by molar-refractivity contribution is -0.116. The zero-order chi connectivity index (χ0) is 20.0. The maximum absolute atomic E-state index is 12.5. The first-order chi connectivity index (χ1) is 12.9. The van der Waals surface area contributed by atoms with Gasteiger partial charge >= 0.3 is 0 Å². The van der Waals surface area contributed by atoms with Crippen LogP contribution in [0.5, 0.6) is 17.2 Å². The zero-order valence-electron chi connectivity index (χ0n) is 16.0. The highest BCUT2D eigenvalue weighted by Gasteiger charge is 2.18. The van der Waals surface area contributed by atoms with Gasteiger partial charge < -0.3 is 24.1 Å². The van der Waals surface area contributed by atoms with Gasteiger partial charge in [0.2, 0.25) is 11.7 Å². The van der Waals surface area contributed by atoms with Crippen LogP contribution in [0, 0.1) is 6.92 Å². The largest absolute Gasteiger partial charge is 0.493 e. The Morgan fingerprint density at radius 2 is 1.74 bits per heavy atom. The van der Waals surface area contributed by atoms with Crippen molar-refractivity contribution >= 4 is 17.6 Å². The number of benzene rings is 1. The summed E-state index contributed by atoms with van der Waals surface area (Å²) in [6.45, 7) is 3.63. The van der Waals surface area contributed by atoms with Crippen LogP contribution in [0.4, 0.5) is 5.82 Å². The fourth-order valence-electron chi connectivity index (χ4n) is 2.51. The van der Waals surface area contributed by atoms with Gasteiger partial charge in [0.15, 0.2) is 17.3 Å². The molecule has 1 N–H and O–H groups in total. The summed E-state index contributed by atoms with van der Waals surface area (Å²) in [5, 5.41) is 6.59. The van der Waals surface area contributed by atoms with Crippen LogP contribution < -0.4 is 24.4 Å². The zero-order valence-corrected chi connectivity index (χ0v) is 16.0. The Balaban J connectivity index is 2.07. The Labute approximate surface area is 157 Å². The van der Waals surface area contributed by atoms with E-state index in [-0.39, 0.29) is 24.9 Å². The molecule has 2 amide bonds. The average Bonchev–Trinajstić information content (AvgIpc) is 3.09. The van der Waals surface area contributed by atoms with E-state index in [1.807, 2.05) is 0 Å². The third kappa shape index (κ3) is 4.69. The molecule has 1 aromatic heterocycles. The lowest BCUT2D eigenvalue weighted by Gasteiger charge is -2.18. The molecule has 0 bridgehead atoms. The molecule has 9 nitrogen and oxygen atoms in total. The molecule has 2 aromatic rings. The van der Waals surface area contributed by atoms with Crippen molar-refractivity contribution < 1.29 is 28.3 Å². The Hall–Kier alpha value is -3.23. The minimum atomic E-state index is -0.339. The van der Waals surface area contributed by atoms with Crippen LogP contribution in [0.1, 0.15) is 23.0 Å². The minimum absolute atomic E-state index is 0.203. The van der Waals surface area contributed by atoms with Crippen molar-refractivity contribution in [2.45, 2.75) is 13.8 Å². The summed E-state index contributed by atoms with van der Waals surface area (Å²) in [4.78, 5) is 25.7. The van der Waals surface area contributed by atoms with Crippen molar-refractivity contribution in [2.24, 2.45) is 0 Å². The van der Waals surface area contributed by atoms with Crippen LogP contribution >= 0.6 is 0 Å². The van der Waals surface area contributed by atoms with Gasteiger partial charge in [-0.15, -0.1) is 0 Å². The number of nitrogens with zero attached hydrogens (tertiary/aromatic N) is 2. The Morgan fingerprint density at radius 1 is 1.11 bits per heavy atom. The predicted octanol–water partition coefficient (Wildman–Crippen LogP) is 1.79. The standard InChI is InChI=1S/C18H23N3O6/c1-11-8-16(20-27-11)21(12(2)22)7-6-19-18(23)13-9-14(24-3)17(26-5)15(10-13)25-4/h8-10H,6-7H2,1-5H3,(H,19,23). The second-order valence-electron chi connectivity index (χ2n) is 5.64. The number of aromatic nitrogens is 1. The molecule has 0 saturated carbocycles.